The van der Waals surface area contributed by atoms with E-state index in [4.69, 9.17) is 51.6 Å². The number of halogens is 2. The Hall–Kier alpha value is -3.80. The van der Waals surface area contributed by atoms with Crippen LogP contribution in [0.3, 0.4) is 0 Å². The van der Waals surface area contributed by atoms with E-state index in [1.165, 1.54) is 0 Å². The molecule has 20 nitrogen and oxygen atoms in total. The van der Waals surface area contributed by atoms with Crippen LogP contribution in [0.15, 0.2) is 10.2 Å². The minimum Gasteiger partial charge on any atom is -0.567 e. The third kappa shape index (κ3) is 8.60. The molecular formula is C20H26Cl2N8O12. The highest BCUT2D eigenvalue weighted by Crippen LogP contribution is 2.34. The van der Waals surface area contributed by atoms with Crippen molar-refractivity contribution in [1.82, 2.24) is 0 Å². The van der Waals surface area contributed by atoms with Gasteiger partial charge in [-0.2, -0.15) is 0 Å². The van der Waals surface area contributed by atoms with Gasteiger partial charge in [-0.25, -0.2) is 0 Å². The molecule has 0 radical (unpaired) electrons. The molecule has 2 fully saturated rings. The van der Waals surface area contributed by atoms with Crippen LogP contribution in [0.5, 0.6) is 0 Å². The van der Waals surface area contributed by atoms with Gasteiger partial charge in [0.05, 0.1) is 0 Å². The summed E-state index contributed by atoms with van der Waals surface area (Å²) in [5.41, 5.74) is 14.9. The molecule has 0 aromatic heterocycles. The third-order valence-corrected chi connectivity index (χ3v) is 6.55. The maximum Gasteiger partial charge on any atom is 0.303 e. The average molecular weight is 641 g/mol. The van der Waals surface area contributed by atoms with E-state index in [1.54, 1.807) is 0 Å². The number of azo groups is 1. The van der Waals surface area contributed by atoms with E-state index in [-0.39, 0.29) is 9.72 Å². The van der Waals surface area contributed by atoms with Crippen molar-refractivity contribution >= 4 is 47.1 Å². The Morgan fingerprint density at radius 3 is 1.33 bits per heavy atom. The lowest BCUT2D eigenvalue weighted by atomic mass is 9.95. The molecule has 0 aliphatic carbocycles. The number of ether oxygens (including phenoxy) is 6. The van der Waals surface area contributed by atoms with E-state index in [0.29, 0.717) is 0 Å². The molecule has 0 N–H and O–H groups in total. The summed E-state index contributed by atoms with van der Waals surface area (Å²) < 4.78 is 31.1. The zero-order valence-corrected chi connectivity index (χ0v) is 23.9. The van der Waals surface area contributed by atoms with Crippen LogP contribution in [0.4, 0.5) is 0 Å². The molecule has 0 spiro atoms. The summed E-state index contributed by atoms with van der Waals surface area (Å²) in [6.45, 7) is 3.09. The number of carbonyl (C=O) groups excluding carboxylic acids is 4. The van der Waals surface area contributed by atoms with Crippen LogP contribution in [-0.2, 0) is 47.6 Å². The molecule has 0 aromatic carbocycles. The van der Waals surface area contributed by atoms with Crippen LogP contribution in [0.2, 0.25) is 0 Å². The predicted octanol–water partition coefficient (Wildman–Crippen LogP) is 1.47. The number of hydroxylamine groups is 2. The van der Waals surface area contributed by atoms with Crippen LogP contribution in [-0.4, -0.2) is 107 Å². The average Bonchev–Trinajstić information content (AvgIpc) is 2.88. The molecule has 10 atom stereocenters. The molecule has 22 heteroatoms. The quantitative estimate of drug-likeness (QED) is 0.0479. The minimum atomic E-state index is -1.92. The van der Waals surface area contributed by atoms with Crippen molar-refractivity contribution in [2.45, 2.75) is 87.4 Å². The molecule has 2 aliphatic heterocycles. The van der Waals surface area contributed by atoms with Gasteiger partial charge in [-0.15, -0.1) is 0 Å². The minimum absolute atomic E-state index is 0.351. The van der Waals surface area contributed by atoms with Crippen molar-refractivity contribution in [3.63, 3.8) is 0 Å². The van der Waals surface area contributed by atoms with E-state index in [1.807, 2.05) is 0 Å². The number of esters is 4. The van der Waals surface area contributed by atoms with Gasteiger partial charge in [0.15, 0.2) is 12.1 Å². The van der Waals surface area contributed by atoms with Gasteiger partial charge in [-0.1, -0.05) is 33.4 Å². The molecule has 0 aromatic rings. The van der Waals surface area contributed by atoms with Gasteiger partial charge < -0.3 is 38.8 Å². The number of rotatable bonds is 10. The Balaban J connectivity index is 2.61. The molecule has 2 heterocycles. The van der Waals surface area contributed by atoms with Crippen molar-refractivity contribution in [2.24, 2.45) is 10.2 Å². The number of alkyl halides is 2. The Morgan fingerprint density at radius 1 is 0.738 bits per heavy atom. The van der Waals surface area contributed by atoms with Gasteiger partial charge in [-0.3, -0.25) is 19.2 Å². The Labute approximate surface area is 246 Å². The van der Waals surface area contributed by atoms with Gasteiger partial charge in [0.1, 0.15) is 37.6 Å². The van der Waals surface area contributed by atoms with Crippen LogP contribution in [0.1, 0.15) is 27.7 Å². The number of carbonyl (C=O) groups is 4. The molecule has 0 saturated carbocycles. The normalized spacial score (nSPS) is 33.0. The zero-order valence-electron chi connectivity index (χ0n) is 22.4. The van der Waals surface area contributed by atoms with Crippen molar-refractivity contribution < 1.29 is 57.3 Å². The number of hydrogen-bond acceptors (Lipinski definition) is 14. The first-order chi connectivity index (χ1) is 19.7. The largest absolute Gasteiger partial charge is 0.567 e. The monoisotopic (exact) mass is 640 g/mol. The lowest BCUT2D eigenvalue weighted by molar-refractivity contribution is -1.00. The summed E-state index contributed by atoms with van der Waals surface area (Å²) in [5, 5.41) is 34.1. The summed E-state index contributed by atoms with van der Waals surface area (Å²) in [5.74, 6) is -3.31. The van der Waals surface area contributed by atoms with Gasteiger partial charge in [-0.05, 0) is 11.1 Å². The SMILES string of the molecule is CC(=O)OC[C@H]1O[C@H](Cl)[C@H](/[N+]([O-])=[N+](\[O-])[C@@H]2[C@@H](N=[N+]=[N-])[C@H](OC(C)=O)[C@@H](COC(C)=O)O[C@@H]2Cl)[C@@H](N=[N+]=[N-])[C@@H]1OC(C)=O. The Kier molecular flexibility index (Phi) is 12.6. The number of nitrogens with zero attached hydrogens (tertiary/aromatic N) is 8. The molecule has 42 heavy (non-hydrogen) atoms. The fraction of sp³-hybridized carbons (Fsp3) is 0.800. The molecule has 2 aliphatic rings. The summed E-state index contributed by atoms with van der Waals surface area (Å²) in [6.07, 6.45) is -5.81. The molecule has 2 saturated heterocycles. The predicted molar refractivity (Wildman–Crippen MR) is 134 cm³/mol. The summed E-state index contributed by atoms with van der Waals surface area (Å²) in [4.78, 5) is 50.9. The second kappa shape index (κ2) is 15.4. The fourth-order valence-electron chi connectivity index (χ4n) is 4.24. The highest BCUT2D eigenvalue weighted by Gasteiger charge is 2.58. The van der Waals surface area contributed by atoms with Crippen LogP contribution < -0.4 is 0 Å². The van der Waals surface area contributed by atoms with Gasteiger partial charge in [0, 0.05) is 47.2 Å². The van der Waals surface area contributed by atoms with Gasteiger partial charge in [0.2, 0.25) is 11.1 Å². The Bertz CT molecular complexity index is 1090. The third-order valence-electron chi connectivity index (χ3n) is 5.83. The molecule has 0 unspecified atom stereocenters. The van der Waals surface area contributed by atoms with Crippen molar-refractivity contribution in [1.29, 1.82) is 0 Å². The lowest BCUT2D eigenvalue weighted by Crippen LogP contribution is -2.64. The van der Waals surface area contributed by atoms with Gasteiger partial charge >= 0.3 is 23.9 Å². The standard InChI is InChI=1S/C20H26Cl2N8O12/c1-7(31)37-5-11-17(39-9(3)33)13(25-27-23)15(19(21)41-11)29(35)30(36)16-14(26-28-24)18(40-10(4)34)12(42-20(16)22)6-38-8(2)32/h11-20H,5-6H2,1-4H3/b30-29+/t11-,12-,13-,14-,15-,16-,17-,18-,19+,20+/m1/s1. The van der Waals surface area contributed by atoms with E-state index in [0.717, 1.165) is 27.7 Å². The second-order valence-electron chi connectivity index (χ2n) is 8.78. The lowest BCUT2D eigenvalue weighted by Gasteiger charge is -2.40. The summed E-state index contributed by atoms with van der Waals surface area (Å²) in [7, 11) is 0. The summed E-state index contributed by atoms with van der Waals surface area (Å²) >= 11 is 12.5. The highest BCUT2D eigenvalue weighted by molar-refractivity contribution is 6.20. The smallest absolute Gasteiger partial charge is 0.303 e. The molecule has 232 valence electrons. The first-order valence-corrected chi connectivity index (χ1v) is 12.8. The highest BCUT2D eigenvalue weighted by atomic mass is 35.5. The Morgan fingerprint density at radius 2 is 1.07 bits per heavy atom. The van der Waals surface area contributed by atoms with E-state index < -0.39 is 96.8 Å². The molecule has 2 rings (SSSR count). The van der Waals surface area contributed by atoms with Crippen molar-refractivity contribution in [2.75, 3.05) is 13.2 Å². The van der Waals surface area contributed by atoms with Crippen LogP contribution >= 0.6 is 23.2 Å². The van der Waals surface area contributed by atoms with E-state index in [2.05, 4.69) is 20.1 Å². The van der Waals surface area contributed by atoms with Crippen molar-refractivity contribution in [3.8, 4) is 0 Å². The molecule has 0 bridgehead atoms. The van der Waals surface area contributed by atoms with Gasteiger partial charge in [0.25, 0.3) is 12.1 Å². The second-order valence-corrected chi connectivity index (χ2v) is 9.64. The molecule has 0 amide bonds. The van der Waals surface area contributed by atoms with Crippen molar-refractivity contribution in [3.05, 3.63) is 31.3 Å². The molecular weight excluding hydrogens is 615 g/mol. The number of azide groups is 2. The maximum atomic E-state index is 13.5. The fourth-order valence-corrected chi connectivity index (χ4v) is 5.00. The maximum absolute atomic E-state index is 13.5. The zero-order chi connectivity index (χ0) is 31.7. The first-order valence-electron chi connectivity index (χ1n) is 11.9. The van der Waals surface area contributed by atoms with Crippen LogP contribution in [0.25, 0.3) is 20.9 Å². The van der Waals surface area contributed by atoms with E-state index in [9.17, 15) is 40.7 Å². The number of hydrogen-bond donors (Lipinski definition) is 0. The summed E-state index contributed by atoms with van der Waals surface area (Å²) in [6, 6.07) is -7.25. The van der Waals surface area contributed by atoms with Crippen LogP contribution in [0, 0.1) is 10.4 Å². The first kappa shape index (κ1) is 34.4. The topological polar surface area (TPSA) is 273 Å². The van der Waals surface area contributed by atoms with E-state index >= 15 is 0 Å².